The van der Waals surface area contributed by atoms with Gasteiger partial charge >= 0.3 is 6.09 Å². The lowest BCUT2D eigenvalue weighted by Gasteiger charge is -2.29. The molecule has 2 amide bonds. The predicted molar refractivity (Wildman–Crippen MR) is 151 cm³/mol. The molecule has 5 rings (SSSR count). The van der Waals surface area contributed by atoms with Crippen LogP contribution in [0.15, 0.2) is 24.7 Å². The van der Waals surface area contributed by atoms with Gasteiger partial charge in [-0.05, 0) is 43.7 Å². The van der Waals surface area contributed by atoms with Crippen LogP contribution in [0.5, 0.6) is 0 Å². The molecule has 4 N–H and O–H groups in total. The molecule has 0 aliphatic carbocycles. The molecule has 0 radical (unpaired) electrons. The standard InChI is InChI=1S/C28H36N8O6/c1-4-29-26(39)23-21(37)22(38)27(42-23)36-16-31-20-24(30-15-18-8-6-12-34(18)2)32-19(33-25(20)36)9-5-7-17-10-13-35(14-11-17)28(40)41-3/h6,8,12,16-17,21-23,27,37-38H,4,7,10-11,13-15H2,1-3H3,(H,29,39)(H,30,32,33)/t21?,22?,23-,27+/m0/s1. The quantitative estimate of drug-likeness (QED) is 0.293. The Hall–Kier alpha value is -4.19. The van der Waals surface area contributed by atoms with Gasteiger partial charge in [0.2, 0.25) is 5.82 Å². The molecule has 2 saturated heterocycles. The number of aromatic nitrogens is 5. The first kappa shape index (κ1) is 29.3. The van der Waals surface area contributed by atoms with Gasteiger partial charge in [-0.2, -0.15) is 0 Å². The lowest BCUT2D eigenvalue weighted by Crippen LogP contribution is -2.42. The number of hydrogen-bond donors (Lipinski definition) is 4. The third-order valence-electron chi connectivity index (χ3n) is 7.67. The van der Waals surface area contributed by atoms with Crippen LogP contribution in [0.1, 0.15) is 43.9 Å². The summed E-state index contributed by atoms with van der Waals surface area (Å²) in [6.07, 6.45) is 0.177. The van der Waals surface area contributed by atoms with Crippen molar-refractivity contribution >= 4 is 29.0 Å². The van der Waals surface area contributed by atoms with Gasteiger partial charge in [-0.3, -0.25) is 9.36 Å². The number of carbonyl (C=O) groups is 2. The van der Waals surface area contributed by atoms with Crippen molar-refractivity contribution in [3.05, 3.63) is 36.2 Å². The maximum Gasteiger partial charge on any atom is 0.409 e. The van der Waals surface area contributed by atoms with E-state index in [1.165, 1.54) is 18.0 Å². The van der Waals surface area contributed by atoms with E-state index in [4.69, 9.17) is 9.47 Å². The molecule has 5 heterocycles. The highest BCUT2D eigenvalue weighted by Gasteiger charge is 2.47. The third kappa shape index (κ3) is 6.03. The Morgan fingerprint density at radius 2 is 2.00 bits per heavy atom. The maximum absolute atomic E-state index is 12.4. The van der Waals surface area contributed by atoms with E-state index in [2.05, 4.69) is 37.4 Å². The highest BCUT2D eigenvalue weighted by atomic mass is 16.6. The smallest absolute Gasteiger partial charge is 0.409 e. The van der Waals surface area contributed by atoms with Crippen molar-refractivity contribution in [2.24, 2.45) is 13.0 Å². The molecule has 14 heteroatoms. The highest BCUT2D eigenvalue weighted by Crippen LogP contribution is 2.33. The number of piperidine rings is 1. The number of amides is 2. The van der Waals surface area contributed by atoms with Crippen LogP contribution in [-0.4, -0.2) is 96.3 Å². The van der Waals surface area contributed by atoms with Gasteiger partial charge in [0.25, 0.3) is 5.91 Å². The minimum atomic E-state index is -1.43. The first-order valence-corrected chi connectivity index (χ1v) is 14.0. The van der Waals surface area contributed by atoms with Crippen LogP contribution in [0, 0.1) is 17.8 Å². The van der Waals surface area contributed by atoms with Crippen molar-refractivity contribution < 1.29 is 29.3 Å². The summed E-state index contributed by atoms with van der Waals surface area (Å²) in [5.74, 6) is 6.77. The zero-order valence-corrected chi connectivity index (χ0v) is 23.9. The minimum Gasteiger partial charge on any atom is -0.453 e. The number of likely N-dealkylation sites (N-methyl/N-ethyl adjacent to an activating group) is 1. The maximum atomic E-state index is 12.4. The SMILES string of the molecule is CCNC(=O)[C@H]1O[C@@H](n2cnc3c(NCc4cccn4C)nc(C#CCC4CCN(C(=O)OC)CC4)nc32)C(O)C1O. The van der Waals surface area contributed by atoms with E-state index in [0.29, 0.717) is 55.5 Å². The minimum absolute atomic E-state index is 0.249. The number of anilines is 1. The summed E-state index contributed by atoms with van der Waals surface area (Å²) >= 11 is 0. The average molecular weight is 581 g/mol. The Labute approximate surface area is 243 Å². The molecule has 224 valence electrons. The molecule has 2 unspecified atom stereocenters. The van der Waals surface area contributed by atoms with Gasteiger partial charge in [0, 0.05) is 45.0 Å². The van der Waals surface area contributed by atoms with Gasteiger partial charge in [-0.1, -0.05) is 5.92 Å². The molecule has 0 bridgehead atoms. The normalized spacial score (nSPS) is 22.5. The fourth-order valence-corrected chi connectivity index (χ4v) is 5.24. The Morgan fingerprint density at radius 1 is 1.21 bits per heavy atom. The Morgan fingerprint density at radius 3 is 2.69 bits per heavy atom. The van der Waals surface area contributed by atoms with Crippen LogP contribution in [-0.2, 0) is 27.9 Å². The van der Waals surface area contributed by atoms with E-state index in [1.807, 2.05) is 29.9 Å². The number of aryl methyl sites for hydroxylation is 1. The number of methoxy groups -OCH3 is 1. The van der Waals surface area contributed by atoms with Crippen LogP contribution in [0.25, 0.3) is 11.2 Å². The number of carbonyl (C=O) groups excluding carboxylic acids is 2. The van der Waals surface area contributed by atoms with E-state index in [9.17, 15) is 19.8 Å². The second-order valence-corrected chi connectivity index (χ2v) is 10.4. The molecule has 3 aromatic heterocycles. The lowest BCUT2D eigenvalue weighted by molar-refractivity contribution is -0.137. The molecule has 0 aromatic carbocycles. The number of imidazole rings is 1. The van der Waals surface area contributed by atoms with Crippen molar-refractivity contribution in [3.63, 3.8) is 0 Å². The van der Waals surface area contributed by atoms with Crippen molar-refractivity contribution in [1.29, 1.82) is 0 Å². The van der Waals surface area contributed by atoms with Gasteiger partial charge < -0.3 is 39.8 Å². The summed E-state index contributed by atoms with van der Waals surface area (Å²) in [6.45, 7) is 3.83. The third-order valence-corrected chi connectivity index (χ3v) is 7.67. The average Bonchev–Trinajstić information content (AvgIpc) is 3.69. The topological polar surface area (TPSA) is 169 Å². The Balaban J connectivity index is 1.41. The molecular formula is C28H36N8O6. The van der Waals surface area contributed by atoms with Crippen LogP contribution in [0.2, 0.25) is 0 Å². The Kier molecular flexibility index (Phi) is 8.91. The molecule has 3 aromatic rings. The van der Waals surface area contributed by atoms with Crippen molar-refractivity contribution in [2.45, 2.75) is 57.3 Å². The highest BCUT2D eigenvalue weighted by molar-refractivity contribution is 5.84. The second kappa shape index (κ2) is 12.8. The summed E-state index contributed by atoms with van der Waals surface area (Å²) in [4.78, 5) is 39.6. The largest absolute Gasteiger partial charge is 0.453 e. The number of rotatable bonds is 7. The first-order chi connectivity index (χ1) is 20.3. The fourth-order valence-electron chi connectivity index (χ4n) is 5.24. The molecule has 0 saturated carbocycles. The van der Waals surface area contributed by atoms with E-state index in [-0.39, 0.29) is 11.9 Å². The number of nitrogens with zero attached hydrogens (tertiary/aromatic N) is 6. The number of aliphatic hydroxyl groups is 2. The fraction of sp³-hybridized carbons (Fsp3) is 0.536. The zero-order chi connectivity index (χ0) is 29.8. The summed E-state index contributed by atoms with van der Waals surface area (Å²) < 4.78 is 14.1. The molecular weight excluding hydrogens is 544 g/mol. The van der Waals surface area contributed by atoms with Crippen LogP contribution >= 0.6 is 0 Å². The van der Waals surface area contributed by atoms with E-state index < -0.39 is 30.4 Å². The van der Waals surface area contributed by atoms with Crippen molar-refractivity contribution in [1.82, 2.24) is 34.3 Å². The van der Waals surface area contributed by atoms with E-state index >= 15 is 0 Å². The number of nitrogens with one attached hydrogen (secondary N) is 2. The monoisotopic (exact) mass is 580 g/mol. The van der Waals surface area contributed by atoms with Gasteiger partial charge in [-0.15, -0.1) is 0 Å². The first-order valence-electron chi connectivity index (χ1n) is 14.0. The van der Waals surface area contributed by atoms with Gasteiger partial charge in [-0.25, -0.2) is 19.7 Å². The van der Waals surface area contributed by atoms with Crippen molar-refractivity contribution in [3.8, 4) is 11.8 Å². The summed E-state index contributed by atoms with van der Waals surface area (Å²) in [5.41, 5.74) is 1.79. The van der Waals surface area contributed by atoms with Gasteiger partial charge in [0.15, 0.2) is 29.3 Å². The second-order valence-electron chi connectivity index (χ2n) is 10.4. The predicted octanol–water partition coefficient (Wildman–Crippen LogP) is 0.752. The summed E-state index contributed by atoms with van der Waals surface area (Å²) in [6, 6.07) is 3.94. The molecule has 4 atom stereocenters. The van der Waals surface area contributed by atoms with Crippen LogP contribution in [0.3, 0.4) is 0 Å². The van der Waals surface area contributed by atoms with Crippen LogP contribution in [0.4, 0.5) is 10.6 Å². The Bertz CT molecular complexity index is 1480. The molecule has 0 spiro atoms. The lowest BCUT2D eigenvalue weighted by atomic mass is 9.94. The molecule has 2 aliphatic heterocycles. The van der Waals surface area contributed by atoms with Crippen molar-refractivity contribution in [2.75, 3.05) is 32.1 Å². The number of fused-ring (bicyclic) bond motifs is 1. The molecule has 2 aliphatic rings. The molecule has 2 fully saturated rings. The number of likely N-dealkylation sites (tertiary alicyclic amines) is 1. The number of ether oxygens (including phenoxy) is 2. The molecule has 42 heavy (non-hydrogen) atoms. The van der Waals surface area contributed by atoms with E-state index in [0.717, 1.165) is 18.5 Å². The molecule has 14 nitrogen and oxygen atoms in total. The number of hydrogen-bond acceptors (Lipinski definition) is 10. The van der Waals surface area contributed by atoms with Gasteiger partial charge in [0.05, 0.1) is 20.0 Å². The zero-order valence-electron chi connectivity index (χ0n) is 23.9. The van der Waals surface area contributed by atoms with E-state index in [1.54, 1.807) is 11.8 Å². The number of aliphatic hydroxyl groups excluding tert-OH is 2. The summed E-state index contributed by atoms with van der Waals surface area (Å²) in [7, 11) is 3.33. The summed E-state index contributed by atoms with van der Waals surface area (Å²) in [5, 5.41) is 27.3. The van der Waals surface area contributed by atoms with Crippen LogP contribution < -0.4 is 10.6 Å². The van der Waals surface area contributed by atoms with Gasteiger partial charge in [0.1, 0.15) is 12.2 Å².